The third-order valence-electron chi connectivity index (χ3n) is 3.02. The topological polar surface area (TPSA) is 96.1 Å². The number of nitrogen functional groups attached to an aromatic ring is 1. The Morgan fingerprint density at radius 1 is 1.32 bits per heavy atom. The quantitative estimate of drug-likeness (QED) is 0.461. The summed E-state index contributed by atoms with van der Waals surface area (Å²) in [6.45, 7) is 8.52. The lowest BCUT2D eigenvalue weighted by Gasteiger charge is -2.31. The van der Waals surface area contributed by atoms with Gasteiger partial charge in [-0.3, -0.25) is 0 Å². The fourth-order valence-corrected chi connectivity index (χ4v) is 1.83. The van der Waals surface area contributed by atoms with Gasteiger partial charge in [0.05, 0.1) is 0 Å². The number of aliphatic hydroxyl groups is 1. The standard InChI is InChI=1S/C13H25N5O/c1-5-10-16-11(8-12(17-10)18-14)15-9(6-7-19)13(2,3)4/h8-9,19H,5-7,14H2,1-4H3,(H2,15,16,17,18). The Morgan fingerprint density at radius 3 is 2.42 bits per heavy atom. The maximum absolute atomic E-state index is 9.17. The van der Waals surface area contributed by atoms with Gasteiger partial charge in [0, 0.05) is 25.1 Å². The molecule has 0 saturated carbocycles. The summed E-state index contributed by atoms with van der Waals surface area (Å²) in [6.07, 6.45) is 1.41. The predicted octanol–water partition coefficient (Wildman–Crippen LogP) is 1.53. The Kier molecular flexibility index (Phi) is 5.50. The molecule has 6 nitrogen and oxygen atoms in total. The lowest BCUT2D eigenvalue weighted by Crippen LogP contribution is -2.35. The van der Waals surface area contributed by atoms with E-state index < -0.39 is 0 Å². The molecule has 1 aromatic heterocycles. The van der Waals surface area contributed by atoms with Crippen LogP contribution in [0.2, 0.25) is 0 Å². The zero-order chi connectivity index (χ0) is 14.5. The molecule has 1 aromatic rings. The molecule has 0 aliphatic rings. The maximum atomic E-state index is 9.17. The zero-order valence-corrected chi connectivity index (χ0v) is 12.2. The zero-order valence-electron chi connectivity index (χ0n) is 12.2. The fraction of sp³-hybridized carbons (Fsp3) is 0.692. The fourth-order valence-electron chi connectivity index (χ4n) is 1.83. The maximum Gasteiger partial charge on any atom is 0.145 e. The van der Waals surface area contributed by atoms with E-state index in [9.17, 15) is 5.11 Å². The van der Waals surface area contributed by atoms with E-state index in [-0.39, 0.29) is 18.1 Å². The molecule has 0 aliphatic carbocycles. The molecule has 1 heterocycles. The number of hydrogen-bond acceptors (Lipinski definition) is 6. The number of nitrogens with zero attached hydrogens (tertiary/aromatic N) is 2. The van der Waals surface area contributed by atoms with Crippen molar-refractivity contribution in [2.45, 2.75) is 46.6 Å². The SMILES string of the molecule is CCc1nc(NN)cc(NC(CCO)C(C)(C)C)n1. The van der Waals surface area contributed by atoms with E-state index >= 15 is 0 Å². The molecular formula is C13H25N5O. The molecule has 0 spiro atoms. The van der Waals surface area contributed by atoms with Crippen molar-refractivity contribution in [1.29, 1.82) is 0 Å². The van der Waals surface area contributed by atoms with Gasteiger partial charge in [-0.15, -0.1) is 0 Å². The second kappa shape index (κ2) is 6.68. The van der Waals surface area contributed by atoms with E-state index in [1.165, 1.54) is 0 Å². The molecule has 0 aromatic carbocycles. The Morgan fingerprint density at radius 2 is 1.95 bits per heavy atom. The van der Waals surface area contributed by atoms with Crippen LogP contribution in [0.1, 0.15) is 39.9 Å². The van der Waals surface area contributed by atoms with Gasteiger partial charge in [-0.2, -0.15) is 0 Å². The Balaban J connectivity index is 2.95. The molecule has 0 fully saturated rings. The van der Waals surface area contributed by atoms with Gasteiger partial charge >= 0.3 is 0 Å². The summed E-state index contributed by atoms with van der Waals surface area (Å²) in [4.78, 5) is 8.69. The third-order valence-corrected chi connectivity index (χ3v) is 3.02. The van der Waals surface area contributed by atoms with Crippen LogP contribution in [0.15, 0.2) is 6.07 Å². The van der Waals surface area contributed by atoms with Crippen molar-refractivity contribution in [2.75, 3.05) is 17.3 Å². The second-order valence-corrected chi connectivity index (χ2v) is 5.63. The van der Waals surface area contributed by atoms with Gasteiger partial charge in [0.2, 0.25) is 0 Å². The van der Waals surface area contributed by atoms with Crippen molar-refractivity contribution < 1.29 is 5.11 Å². The van der Waals surface area contributed by atoms with Gasteiger partial charge in [0.25, 0.3) is 0 Å². The van der Waals surface area contributed by atoms with E-state index in [0.29, 0.717) is 12.2 Å². The monoisotopic (exact) mass is 267 g/mol. The van der Waals surface area contributed by atoms with Gasteiger partial charge < -0.3 is 15.8 Å². The number of hydrazine groups is 1. The molecule has 0 bridgehead atoms. The minimum atomic E-state index is 0.0242. The van der Waals surface area contributed by atoms with Gasteiger partial charge in [0.15, 0.2) is 0 Å². The summed E-state index contributed by atoms with van der Waals surface area (Å²) < 4.78 is 0. The van der Waals surface area contributed by atoms with Crippen molar-refractivity contribution in [1.82, 2.24) is 9.97 Å². The summed E-state index contributed by atoms with van der Waals surface area (Å²) in [6, 6.07) is 1.90. The van der Waals surface area contributed by atoms with Crippen LogP contribution in [0.25, 0.3) is 0 Å². The highest BCUT2D eigenvalue weighted by molar-refractivity contribution is 5.47. The van der Waals surface area contributed by atoms with Crippen LogP contribution in [0.5, 0.6) is 0 Å². The molecular weight excluding hydrogens is 242 g/mol. The Bertz CT molecular complexity index is 380. The molecule has 108 valence electrons. The number of aromatic nitrogens is 2. The first-order valence-corrected chi connectivity index (χ1v) is 6.62. The van der Waals surface area contributed by atoms with Crippen LogP contribution in [-0.2, 0) is 6.42 Å². The number of aliphatic hydroxyl groups excluding tert-OH is 1. The summed E-state index contributed by atoms with van der Waals surface area (Å²) in [7, 11) is 0. The molecule has 6 heteroatoms. The first kappa shape index (κ1) is 15.7. The largest absolute Gasteiger partial charge is 0.396 e. The van der Waals surface area contributed by atoms with Crippen molar-refractivity contribution in [3.05, 3.63) is 11.9 Å². The molecule has 0 radical (unpaired) electrons. The number of nitrogens with one attached hydrogen (secondary N) is 2. The number of nitrogens with two attached hydrogens (primary N) is 1. The molecule has 0 saturated heterocycles. The molecule has 1 unspecified atom stereocenters. The summed E-state index contributed by atoms with van der Waals surface area (Å²) in [5, 5.41) is 12.5. The second-order valence-electron chi connectivity index (χ2n) is 5.63. The molecule has 0 amide bonds. The van der Waals surface area contributed by atoms with Gasteiger partial charge in [0.1, 0.15) is 17.5 Å². The van der Waals surface area contributed by atoms with E-state index in [2.05, 4.69) is 41.5 Å². The molecule has 0 aliphatic heterocycles. The van der Waals surface area contributed by atoms with Crippen molar-refractivity contribution in [2.24, 2.45) is 11.3 Å². The van der Waals surface area contributed by atoms with Crippen molar-refractivity contribution in [3.8, 4) is 0 Å². The third kappa shape index (κ3) is 4.65. The number of rotatable bonds is 6. The predicted molar refractivity (Wildman–Crippen MR) is 77.8 cm³/mol. The molecule has 1 atom stereocenters. The normalized spacial score (nSPS) is 13.2. The highest BCUT2D eigenvalue weighted by Gasteiger charge is 2.24. The van der Waals surface area contributed by atoms with Crippen LogP contribution in [0, 0.1) is 5.41 Å². The minimum absolute atomic E-state index is 0.0242. The first-order valence-electron chi connectivity index (χ1n) is 6.62. The highest BCUT2D eigenvalue weighted by atomic mass is 16.3. The van der Waals surface area contributed by atoms with Crippen LogP contribution in [-0.4, -0.2) is 27.7 Å². The Hall–Kier alpha value is -1.40. The Labute approximate surface area is 114 Å². The summed E-state index contributed by atoms with van der Waals surface area (Å²) in [5.41, 5.74) is 2.57. The average Bonchev–Trinajstić information content (AvgIpc) is 2.36. The van der Waals surface area contributed by atoms with Crippen molar-refractivity contribution >= 4 is 11.6 Å². The molecule has 1 rings (SSSR count). The highest BCUT2D eigenvalue weighted by Crippen LogP contribution is 2.25. The summed E-state index contributed by atoms with van der Waals surface area (Å²) in [5.74, 6) is 7.46. The molecule has 5 N–H and O–H groups in total. The van der Waals surface area contributed by atoms with Gasteiger partial charge in [-0.25, -0.2) is 15.8 Å². The van der Waals surface area contributed by atoms with E-state index in [1.807, 2.05) is 6.92 Å². The van der Waals surface area contributed by atoms with Crippen LogP contribution >= 0.6 is 0 Å². The van der Waals surface area contributed by atoms with E-state index in [1.54, 1.807) is 6.07 Å². The minimum Gasteiger partial charge on any atom is -0.396 e. The van der Waals surface area contributed by atoms with Crippen LogP contribution < -0.4 is 16.6 Å². The van der Waals surface area contributed by atoms with Gasteiger partial charge in [-0.1, -0.05) is 27.7 Å². The lowest BCUT2D eigenvalue weighted by molar-refractivity contribution is 0.235. The lowest BCUT2D eigenvalue weighted by atomic mass is 9.85. The molecule has 19 heavy (non-hydrogen) atoms. The summed E-state index contributed by atoms with van der Waals surface area (Å²) >= 11 is 0. The average molecular weight is 267 g/mol. The number of aryl methyl sites for hydroxylation is 1. The van der Waals surface area contributed by atoms with Crippen LogP contribution in [0.3, 0.4) is 0 Å². The van der Waals surface area contributed by atoms with E-state index in [4.69, 9.17) is 5.84 Å². The van der Waals surface area contributed by atoms with Crippen molar-refractivity contribution in [3.63, 3.8) is 0 Å². The number of hydrogen-bond donors (Lipinski definition) is 4. The van der Waals surface area contributed by atoms with E-state index in [0.717, 1.165) is 18.1 Å². The number of anilines is 2. The van der Waals surface area contributed by atoms with Crippen LogP contribution in [0.4, 0.5) is 11.6 Å². The smallest absolute Gasteiger partial charge is 0.145 e. The first-order chi connectivity index (χ1) is 8.90. The van der Waals surface area contributed by atoms with Gasteiger partial charge in [-0.05, 0) is 11.8 Å².